The Morgan fingerprint density at radius 1 is 1.08 bits per heavy atom. The lowest BCUT2D eigenvalue weighted by molar-refractivity contribution is 0.0692. The maximum absolute atomic E-state index is 11.6. The van der Waals surface area contributed by atoms with Crippen molar-refractivity contribution in [2.75, 3.05) is 0 Å². The molecule has 0 spiro atoms. The molecular weight excluding hydrogens is 300 g/mol. The van der Waals surface area contributed by atoms with Gasteiger partial charge in [0.25, 0.3) is 0 Å². The molecule has 1 aromatic carbocycles. The standard InChI is InChI=1S/C21H30O3/c1-2-15-13-17(20(23)24)19(22)18(14-15)21(11-7-4-8-12-21)16-9-5-3-6-10-16/h13-14,16,22H,2-12H2,1H3,(H,23,24). The molecular formula is C21H30O3. The van der Waals surface area contributed by atoms with Crippen LogP contribution in [0.1, 0.15) is 92.6 Å². The molecule has 1 aromatic rings. The molecule has 3 heteroatoms. The lowest BCUT2D eigenvalue weighted by Gasteiger charge is -2.46. The van der Waals surface area contributed by atoms with Gasteiger partial charge in [-0.05, 0) is 49.7 Å². The number of aryl methyl sites for hydroxylation is 1. The Kier molecular flexibility index (Phi) is 5.17. The van der Waals surface area contributed by atoms with Gasteiger partial charge in [0.15, 0.2) is 0 Å². The van der Waals surface area contributed by atoms with Gasteiger partial charge in [-0.15, -0.1) is 0 Å². The van der Waals surface area contributed by atoms with E-state index >= 15 is 0 Å². The molecule has 0 saturated heterocycles. The Bertz CT molecular complexity index is 593. The van der Waals surface area contributed by atoms with E-state index in [-0.39, 0.29) is 16.7 Å². The van der Waals surface area contributed by atoms with E-state index in [1.54, 1.807) is 6.07 Å². The van der Waals surface area contributed by atoms with Gasteiger partial charge in [0, 0.05) is 11.0 Å². The highest BCUT2D eigenvalue weighted by atomic mass is 16.4. The predicted molar refractivity (Wildman–Crippen MR) is 95.8 cm³/mol. The zero-order chi connectivity index (χ0) is 17.2. The van der Waals surface area contributed by atoms with Crippen LogP contribution in [-0.2, 0) is 11.8 Å². The van der Waals surface area contributed by atoms with Gasteiger partial charge in [-0.2, -0.15) is 0 Å². The van der Waals surface area contributed by atoms with Crippen molar-refractivity contribution in [3.63, 3.8) is 0 Å². The number of carboxylic acid groups (broad SMARTS) is 1. The molecule has 0 atom stereocenters. The van der Waals surface area contributed by atoms with Crippen molar-refractivity contribution in [1.29, 1.82) is 0 Å². The van der Waals surface area contributed by atoms with Gasteiger partial charge >= 0.3 is 5.97 Å². The van der Waals surface area contributed by atoms with E-state index < -0.39 is 5.97 Å². The highest BCUT2D eigenvalue weighted by Gasteiger charge is 2.43. The van der Waals surface area contributed by atoms with Gasteiger partial charge < -0.3 is 10.2 Å². The highest BCUT2D eigenvalue weighted by Crippen LogP contribution is 2.53. The van der Waals surface area contributed by atoms with Crippen LogP contribution in [-0.4, -0.2) is 16.2 Å². The van der Waals surface area contributed by atoms with Gasteiger partial charge in [0.05, 0.1) is 0 Å². The maximum Gasteiger partial charge on any atom is 0.339 e. The van der Waals surface area contributed by atoms with Crippen LogP contribution in [0.25, 0.3) is 0 Å². The van der Waals surface area contributed by atoms with Crippen LogP contribution >= 0.6 is 0 Å². The molecule has 2 aliphatic rings. The third-order valence-corrected chi connectivity index (χ3v) is 6.48. The molecule has 3 nitrogen and oxygen atoms in total. The molecule has 3 rings (SSSR count). The van der Waals surface area contributed by atoms with Crippen molar-refractivity contribution in [2.24, 2.45) is 5.92 Å². The van der Waals surface area contributed by atoms with Crippen LogP contribution in [0.2, 0.25) is 0 Å². The number of hydrogen-bond acceptors (Lipinski definition) is 2. The molecule has 0 aromatic heterocycles. The third-order valence-electron chi connectivity index (χ3n) is 6.48. The number of benzene rings is 1. The van der Waals surface area contributed by atoms with Crippen molar-refractivity contribution in [3.05, 3.63) is 28.8 Å². The van der Waals surface area contributed by atoms with Crippen LogP contribution in [0.5, 0.6) is 5.75 Å². The minimum Gasteiger partial charge on any atom is -0.507 e. The Morgan fingerprint density at radius 2 is 1.71 bits per heavy atom. The number of aromatic carboxylic acids is 1. The molecule has 0 aliphatic heterocycles. The number of carboxylic acids is 1. The molecule has 0 amide bonds. The number of carbonyl (C=O) groups is 1. The fraction of sp³-hybridized carbons (Fsp3) is 0.667. The zero-order valence-corrected chi connectivity index (χ0v) is 14.8. The van der Waals surface area contributed by atoms with Crippen LogP contribution in [0.3, 0.4) is 0 Å². The van der Waals surface area contributed by atoms with E-state index in [2.05, 4.69) is 13.0 Å². The molecule has 24 heavy (non-hydrogen) atoms. The van der Waals surface area contributed by atoms with Crippen LogP contribution in [0.4, 0.5) is 0 Å². The minimum absolute atomic E-state index is 0.0157. The monoisotopic (exact) mass is 330 g/mol. The summed E-state index contributed by atoms with van der Waals surface area (Å²) in [4.78, 5) is 11.6. The Morgan fingerprint density at radius 3 is 2.29 bits per heavy atom. The topological polar surface area (TPSA) is 57.5 Å². The highest BCUT2D eigenvalue weighted by molar-refractivity contribution is 5.91. The summed E-state index contributed by atoms with van der Waals surface area (Å²) in [7, 11) is 0. The van der Waals surface area contributed by atoms with Crippen molar-refractivity contribution in [3.8, 4) is 5.75 Å². The van der Waals surface area contributed by atoms with Crippen LogP contribution < -0.4 is 0 Å². The summed E-state index contributed by atoms with van der Waals surface area (Å²) in [6.45, 7) is 2.05. The summed E-state index contributed by atoms with van der Waals surface area (Å²) >= 11 is 0. The maximum atomic E-state index is 11.6. The van der Waals surface area contributed by atoms with Crippen molar-refractivity contribution >= 4 is 5.97 Å². The van der Waals surface area contributed by atoms with E-state index in [4.69, 9.17) is 0 Å². The molecule has 0 radical (unpaired) electrons. The summed E-state index contributed by atoms with van der Waals surface area (Å²) < 4.78 is 0. The number of rotatable bonds is 4. The fourth-order valence-electron chi connectivity index (χ4n) is 5.18. The van der Waals surface area contributed by atoms with E-state index in [9.17, 15) is 15.0 Å². The first-order valence-corrected chi connectivity index (χ1v) is 9.68. The normalized spacial score (nSPS) is 21.5. The van der Waals surface area contributed by atoms with E-state index in [0.29, 0.717) is 5.92 Å². The summed E-state index contributed by atoms with van der Waals surface area (Å²) in [5.41, 5.74) is 2.04. The SMILES string of the molecule is CCc1cc(C(=O)O)c(O)c(C2(C3CCCCC3)CCCCC2)c1. The molecule has 0 bridgehead atoms. The second-order valence-corrected chi connectivity index (χ2v) is 7.75. The number of hydrogen-bond donors (Lipinski definition) is 2. The smallest absolute Gasteiger partial charge is 0.339 e. The van der Waals surface area contributed by atoms with Crippen molar-refractivity contribution in [1.82, 2.24) is 0 Å². The first kappa shape index (κ1) is 17.3. The lowest BCUT2D eigenvalue weighted by atomic mass is 9.58. The summed E-state index contributed by atoms with van der Waals surface area (Å²) in [5.74, 6) is -0.392. The Balaban J connectivity index is 2.13. The third kappa shape index (κ3) is 3.05. The van der Waals surface area contributed by atoms with Crippen LogP contribution in [0, 0.1) is 5.92 Å². The average molecular weight is 330 g/mol. The Hall–Kier alpha value is -1.51. The van der Waals surface area contributed by atoms with Crippen molar-refractivity contribution in [2.45, 2.75) is 83.0 Å². The quantitative estimate of drug-likeness (QED) is 0.773. The molecule has 0 heterocycles. The average Bonchev–Trinajstić information content (AvgIpc) is 2.63. The van der Waals surface area contributed by atoms with Crippen molar-refractivity contribution < 1.29 is 15.0 Å². The molecule has 132 valence electrons. The summed E-state index contributed by atoms with van der Waals surface area (Å²) in [5, 5.41) is 20.4. The number of phenols is 1. The van der Waals surface area contributed by atoms with Gasteiger partial charge in [-0.3, -0.25) is 0 Å². The first-order chi connectivity index (χ1) is 11.6. The number of aromatic hydroxyl groups is 1. The minimum atomic E-state index is -1.02. The van der Waals surface area contributed by atoms with Gasteiger partial charge in [-0.25, -0.2) is 4.79 Å². The summed E-state index contributed by atoms with van der Waals surface area (Å²) in [6.07, 6.45) is 12.9. The van der Waals surface area contributed by atoms with Gasteiger partial charge in [-0.1, -0.05) is 51.5 Å². The summed E-state index contributed by atoms with van der Waals surface area (Å²) in [6, 6.07) is 3.76. The molecule has 2 aliphatic carbocycles. The van der Waals surface area contributed by atoms with E-state index in [1.165, 1.54) is 51.4 Å². The molecule has 0 unspecified atom stereocenters. The van der Waals surface area contributed by atoms with E-state index in [0.717, 1.165) is 30.4 Å². The predicted octanol–water partition coefficient (Wildman–Crippen LogP) is 5.44. The lowest BCUT2D eigenvalue weighted by Crippen LogP contribution is -2.39. The molecule has 2 saturated carbocycles. The van der Waals surface area contributed by atoms with Crippen LogP contribution in [0.15, 0.2) is 12.1 Å². The second kappa shape index (κ2) is 7.16. The molecule has 2 N–H and O–H groups in total. The van der Waals surface area contributed by atoms with E-state index in [1.807, 2.05) is 0 Å². The largest absolute Gasteiger partial charge is 0.507 e. The fourth-order valence-corrected chi connectivity index (χ4v) is 5.18. The molecule has 2 fully saturated rings. The zero-order valence-electron chi connectivity index (χ0n) is 14.8. The van der Waals surface area contributed by atoms with Gasteiger partial charge in [0.2, 0.25) is 0 Å². The van der Waals surface area contributed by atoms with Gasteiger partial charge in [0.1, 0.15) is 11.3 Å². The first-order valence-electron chi connectivity index (χ1n) is 9.68. The second-order valence-electron chi connectivity index (χ2n) is 7.75. The Labute approximate surface area is 145 Å².